The number of hydrogen-bond donors (Lipinski definition) is 9. The van der Waals surface area contributed by atoms with Crippen molar-refractivity contribution in [2.75, 3.05) is 185 Å². The summed E-state index contributed by atoms with van der Waals surface area (Å²) in [5.74, 6) is -1.41. The molecule has 0 aliphatic rings. The fraction of sp³-hybridized carbons (Fsp3) is 0.925. The zero-order valence-electron chi connectivity index (χ0n) is 37.7. The molecular weight excluding hydrogens is 856 g/mol. The third kappa shape index (κ3) is 40.0. The van der Waals surface area contributed by atoms with Gasteiger partial charge >= 0.3 is 0 Å². The van der Waals surface area contributed by atoms with E-state index in [2.05, 4.69) is 16.0 Å². The first-order chi connectivity index (χ1) is 31.1. The number of ether oxygens (including phenoxy) is 12. The van der Waals surface area contributed by atoms with Crippen molar-refractivity contribution < 1.29 is 96.8 Å². The Labute approximate surface area is 377 Å². The molecule has 64 heavy (non-hydrogen) atoms. The van der Waals surface area contributed by atoms with Crippen molar-refractivity contribution in [1.82, 2.24) is 16.0 Å². The number of aliphatic hydroxyl groups is 5. The van der Waals surface area contributed by atoms with E-state index in [9.17, 15) is 34.8 Å². The Kier molecular flexibility index (Phi) is 45.5. The first-order valence-electron chi connectivity index (χ1n) is 21.9. The van der Waals surface area contributed by atoms with Crippen molar-refractivity contribution in [1.29, 1.82) is 0 Å². The third-order valence-corrected chi connectivity index (χ3v) is 8.57. The van der Waals surface area contributed by atoms with Crippen LogP contribution in [-0.4, -0.2) is 259 Å². The number of rotatable bonds is 51. The maximum absolute atomic E-state index is 11.8. The maximum atomic E-state index is 11.8. The van der Waals surface area contributed by atoms with Crippen molar-refractivity contribution in [2.45, 2.75) is 56.1 Å². The number of aliphatic hydroxyl groups excluding tert-OH is 5. The fourth-order valence-corrected chi connectivity index (χ4v) is 4.93. The van der Waals surface area contributed by atoms with E-state index < -0.39 is 36.9 Å². The van der Waals surface area contributed by atoms with Gasteiger partial charge in [-0.1, -0.05) is 0 Å². The zero-order chi connectivity index (χ0) is 47.1. The molecule has 3 amide bonds. The molecule has 24 nitrogen and oxygen atoms in total. The summed E-state index contributed by atoms with van der Waals surface area (Å²) < 4.78 is 65.3. The summed E-state index contributed by atoms with van der Waals surface area (Å²) >= 11 is 0. The van der Waals surface area contributed by atoms with Crippen LogP contribution in [0, 0.1) is 0 Å². The number of likely N-dealkylation sites (N-methyl/N-ethyl adjacent to an activating group) is 1. The SMILES string of the molecule is CN[C@@H](CCCCNC(=O)CCOCCOCCOCCOCCOCCOCCOCCOCCOCCOCCOCCOCCNC(=O)[C@H](O)[C@@H](O)[C@H](O)[C@H](O)CO)C(N)=O. The van der Waals surface area contributed by atoms with Crippen molar-refractivity contribution in [2.24, 2.45) is 5.73 Å². The normalized spacial score (nSPS) is 14.0. The van der Waals surface area contributed by atoms with Gasteiger partial charge in [0.2, 0.25) is 11.8 Å². The predicted octanol–water partition coefficient (Wildman–Crippen LogP) is -4.51. The summed E-state index contributed by atoms with van der Waals surface area (Å²) in [6.07, 6.45) is -5.06. The van der Waals surface area contributed by atoms with E-state index in [4.69, 9.17) is 67.7 Å². The van der Waals surface area contributed by atoms with E-state index in [-0.39, 0.29) is 44.0 Å². The van der Waals surface area contributed by atoms with Crippen LogP contribution in [0.1, 0.15) is 25.7 Å². The molecule has 0 aliphatic carbocycles. The topological polar surface area (TPSA) is 325 Å². The van der Waals surface area contributed by atoms with E-state index in [1.54, 1.807) is 7.05 Å². The van der Waals surface area contributed by atoms with Gasteiger partial charge in [0.25, 0.3) is 5.91 Å². The van der Waals surface area contributed by atoms with Crippen LogP contribution in [0.4, 0.5) is 0 Å². The van der Waals surface area contributed by atoms with Gasteiger partial charge in [0, 0.05) is 19.5 Å². The molecule has 5 atom stereocenters. The van der Waals surface area contributed by atoms with Gasteiger partial charge in [-0.3, -0.25) is 14.4 Å². The van der Waals surface area contributed by atoms with Gasteiger partial charge in [-0.2, -0.15) is 0 Å². The molecule has 0 heterocycles. The lowest BCUT2D eigenvalue weighted by Crippen LogP contribution is -2.52. The molecule has 0 aliphatic heterocycles. The van der Waals surface area contributed by atoms with Gasteiger partial charge < -0.3 is 104 Å². The molecule has 0 unspecified atom stereocenters. The Bertz CT molecular complexity index is 1060. The Morgan fingerprint density at radius 2 is 0.812 bits per heavy atom. The number of carbonyl (C=O) groups is 3. The second kappa shape index (κ2) is 47.2. The molecule has 0 saturated heterocycles. The summed E-state index contributed by atoms with van der Waals surface area (Å²) in [4.78, 5) is 34.8. The van der Waals surface area contributed by atoms with E-state index >= 15 is 0 Å². The Morgan fingerprint density at radius 1 is 0.469 bits per heavy atom. The second-order valence-corrected chi connectivity index (χ2v) is 13.7. The largest absolute Gasteiger partial charge is 0.394 e. The maximum Gasteiger partial charge on any atom is 0.251 e. The van der Waals surface area contributed by atoms with Crippen molar-refractivity contribution >= 4 is 17.7 Å². The van der Waals surface area contributed by atoms with Crippen LogP contribution in [0.25, 0.3) is 0 Å². The number of amides is 3. The minimum atomic E-state index is -1.99. The molecule has 10 N–H and O–H groups in total. The van der Waals surface area contributed by atoms with Crippen LogP contribution in [-0.2, 0) is 71.2 Å². The van der Waals surface area contributed by atoms with Crippen LogP contribution in [0.15, 0.2) is 0 Å². The number of primary amides is 1. The highest BCUT2D eigenvalue weighted by molar-refractivity contribution is 5.81. The van der Waals surface area contributed by atoms with Crippen LogP contribution in [0.5, 0.6) is 0 Å². The smallest absolute Gasteiger partial charge is 0.251 e. The molecule has 0 rings (SSSR count). The van der Waals surface area contributed by atoms with E-state index in [0.717, 1.165) is 12.8 Å². The quantitative estimate of drug-likeness (QED) is 0.0260. The Morgan fingerprint density at radius 3 is 1.14 bits per heavy atom. The van der Waals surface area contributed by atoms with Crippen molar-refractivity contribution in [3.05, 3.63) is 0 Å². The molecule has 0 fully saturated rings. The lowest BCUT2D eigenvalue weighted by Gasteiger charge is -2.24. The van der Waals surface area contributed by atoms with Crippen LogP contribution in [0.3, 0.4) is 0 Å². The van der Waals surface area contributed by atoms with E-state index in [0.29, 0.717) is 158 Å². The van der Waals surface area contributed by atoms with Gasteiger partial charge in [-0.25, -0.2) is 0 Å². The minimum absolute atomic E-state index is 0.0339. The molecule has 0 saturated carbocycles. The number of nitrogens with one attached hydrogen (secondary N) is 3. The van der Waals surface area contributed by atoms with Crippen molar-refractivity contribution in [3.63, 3.8) is 0 Å². The zero-order valence-corrected chi connectivity index (χ0v) is 37.7. The van der Waals surface area contributed by atoms with Gasteiger partial charge in [0.15, 0.2) is 6.10 Å². The Balaban J connectivity index is 3.24. The van der Waals surface area contributed by atoms with Gasteiger partial charge in [-0.05, 0) is 26.3 Å². The number of carbonyl (C=O) groups excluding carboxylic acids is 3. The molecule has 0 aromatic rings. The molecule has 24 heteroatoms. The highest BCUT2D eigenvalue weighted by Crippen LogP contribution is 2.05. The average Bonchev–Trinajstić information content (AvgIpc) is 3.29. The molecule has 0 radical (unpaired) electrons. The van der Waals surface area contributed by atoms with E-state index in [1.165, 1.54) is 0 Å². The molecular formula is C40H80N4O20. The van der Waals surface area contributed by atoms with E-state index in [1.807, 2.05) is 0 Å². The fourth-order valence-electron chi connectivity index (χ4n) is 4.93. The van der Waals surface area contributed by atoms with Gasteiger partial charge in [0.05, 0.1) is 171 Å². The molecule has 0 spiro atoms. The van der Waals surface area contributed by atoms with Gasteiger partial charge in [-0.15, -0.1) is 0 Å². The molecule has 380 valence electrons. The number of hydrogen-bond acceptors (Lipinski definition) is 21. The average molecular weight is 937 g/mol. The monoisotopic (exact) mass is 937 g/mol. The molecule has 0 bridgehead atoms. The summed E-state index contributed by atoms with van der Waals surface area (Å²) in [5.41, 5.74) is 5.28. The molecule has 0 aromatic carbocycles. The lowest BCUT2D eigenvalue weighted by atomic mass is 10.0. The van der Waals surface area contributed by atoms with Crippen molar-refractivity contribution in [3.8, 4) is 0 Å². The van der Waals surface area contributed by atoms with Crippen LogP contribution >= 0.6 is 0 Å². The highest BCUT2D eigenvalue weighted by Gasteiger charge is 2.34. The highest BCUT2D eigenvalue weighted by atomic mass is 16.6. The summed E-state index contributed by atoms with van der Waals surface area (Å²) in [7, 11) is 1.70. The first-order valence-corrected chi connectivity index (χ1v) is 21.9. The number of unbranched alkanes of at least 4 members (excludes halogenated alkanes) is 1. The van der Waals surface area contributed by atoms with Crippen LogP contribution < -0.4 is 21.7 Å². The standard InChI is InChI=1S/C40H80N4O20/c1-42-33(39(41)51)4-2-3-6-43-35(47)5-8-53-10-12-55-14-16-57-18-20-59-22-24-61-26-28-63-30-31-64-29-27-62-25-23-60-21-19-58-17-15-56-13-11-54-9-7-44-40(52)38(50)37(49)36(48)34(46)32-45/h33-34,36-38,42,45-46,48-50H,2-32H2,1H3,(H2,41,51)(H,43,47)(H,44,52)/t33-,34+,36+,37-,38+/m0/s1. The minimum Gasteiger partial charge on any atom is -0.394 e. The lowest BCUT2D eigenvalue weighted by molar-refractivity contribution is -0.149. The Hall–Kier alpha value is -2.31. The molecule has 0 aromatic heterocycles. The third-order valence-electron chi connectivity index (χ3n) is 8.57. The first kappa shape index (κ1) is 61.7. The predicted molar refractivity (Wildman–Crippen MR) is 227 cm³/mol. The van der Waals surface area contributed by atoms with Gasteiger partial charge in [0.1, 0.15) is 18.3 Å². The summed E-state index contributed by atoms with van der Waals surface area (Å²) in [6.45, 7) is 9.33. The summed E-state index contributed by atoms with van der Waals surface area (Å²) in [6, 6.07) is -0.340. The number of nitrogens with two attached hydrogens (primary N) is 1. The van der Waals surface area contributed by atoms with Crippen LogP contribution in [0.2, 0.25) is 0 Å². The second-order valence-electron chi connectivity index (χ2n) is 13.7. The summed E-state index contributed by atoms with van der Waals surface area (Å²) in [5, 5.41) is 55.1.